The molecule has 0 aliphatic carbocycles. The van der Waals surface area contributed by atoms with Gasteiger partial charge in [-0.2, -0.15) is 5.10 Å². The van der Waals surface area contributed by atoms with Gasteiger partial charge in [0.25, 0.3) is 11.6 Å². The molecule has 132 valence electrons. The van der Waals surface area contributed by atoms with Crippen LogP contribution in [0, 0.1) is 10.1 Å². The maximum Gasteiger partial charge on any atom is 0.295 e. The summed E-state index contributed by atoms with van der Waals surface area (Å²) >= 11 is 0. The van der Waals surface area contributed by atoms with Gasteiger partial charge in [0.1, 0.15) is 18.3 Å². The summed E-state index contributed by atoms with van der Waals surface area (Å²) in [6.45, 7) is 0. The minimum Gasteiger partial charge on any atom is -0.321 e. The van der Waals surface area contributed by atoms with Crippen LogP contribution in [0.1, 0.15) is 10.4 Å². The summed E-state index contributed by atoms with van der Waals surface area (Å²) in [5.41, 5.74) is 0.824. The molecule has 1 N–H and O–H groups in total. The number of nitrogens with zero attached hydrogens (tertiary/aromatic N) is 4. The topological polar surface area (TPSA) is 103 Å². The van der Waals surface area contributed by atoms with Crippen molar-refractivity contribution in [2.45, 2.75) is 0 Å². The van der Waals surface area contributed by atoms with Gasteiger partial charge < -0.3 is 5.32 Å². The number of hydrogen-bond acceptors (Lipinski definition) is 5. The summed E-state index contributed by atoms with van der Waals surface area (Å²) in [4.78, 5) is 27.3. The van der Waals surface area contributed by atoms with Gasteiger partial charge >= 0.3 is 0 Å². The number of carbonyl (C=O) groups excluding carboxylic acids is 1. The average molecular weight is 359 g/mol. The summed E-state index contributed by atoms with van der Waals surface area (Å²) in [6.07, 6.45) is 2.64. The molecule has 27 heavy (non-hydrogen) atoms. The highest BCUT2D eigenvalue weighted by Gasteiger charge is 2.19. The second-order valence-corrected chi connectivity index (χ2v) is 5.78. The van der Waals surface area contributed by atoms with Crippen molar-refractivity contribution in [3.63, 3.8) is 0 Å². The van der Waals surface area contributed by atoms with Crippen molar-refractivity contribution in [3.8, 4) is 5.69 Å². The van der Waals surface area contributed by atoms with Gasteiger partial charge in [0.15, 0.2) is 0 Å². The molecule has 4 rings (SSSR count). The zero-order valence-corrected chi connectivity index (χ0v) is 13.9. The van der Waals surface area contributed by atoms with Crippen LogP contribution in [0.25, 0.3) is 16.5 Å². The van der Waals surface area contributed by atoms with E-state index in [4.69, 9.17) is 0 Å². The van der Waals surface area contributed by atoms with E-state index in [9.17, 15) is 14.9 Å². The van der Waals surface area contributed by atoms with E-state index in [1.54, 1.807) is 6.07 Å². The molecule has 0 saturated heterocycles. The molecule has 1 aromatic heterocycles. The van der Waals surface area contributed by atoms with Crippen LogP contribution in [0.15, 0.2) is 73.3 Å². The fourth-order valence-electron chi connectivity index (χ4n) is 2.87. The zero-order valence-electron chi connectivity index (χ0n) is 13.9. The number of anilines is 1. The molecule has 0 atom stereocenters. The Kier molecular flexibility index (Phi) is 4.06. The minimum absolute atomic E-state index is 0.179. The van der Waals surface area contributed by atoms with Crippen LogP contribution in [0.4, 0.5) is 11.4 Å². The van der Waals surface area contributed by atoms with Gasteiger partial charge in [-0.1, -0.05) is 36.4 Å². The molecule has 0 aliphatic heterocycles. The predicted molar refractivity (Wildman–Crippen MR) is 99.9 cm³/mol. The maximum absolute atomic E-state index is 12.7. The first kappa shape index (κ1) is 16.4. The number of nitro benzene ring substituents is 1. The summed E-state index contributed by atoms with van der Waals surface area (Å²) < 4.78 is 1.28. The van der Waals surface area contributed by atoms with Gasteiger partial charge in [0.2, 0.25) is 0 Å². The Hall–Kier alpha value is -4.07. The summed E-state index contributed by atoms with van der Waals surface area (Å²) in [6, 6.07) is 17.5. The van der Waals surface area contributed by atoms with E-state index < -0.39 is 10.8 Å². The van der Waals surface area contributed by atoms with E-state index in [0.717, 1.165) is 10.8 Å². The fourth-order valence-corrected chi connectivity index (χ4v) is 2.87. The molecular weight excluding hydrogens is 346 g/mol. The second kappa shape index (κ2) is 6.68. The Morgan fingerprint density at radius 2 is 1.89 bits per heavy atom. The third kappa shape index (κ3) is 3.11. The van der Waals surface area contributed by atoms with Crippen molar-refractivity contribution >= 4 is 28.1 Å². The van der Waals surface area contributed by atoms with Crippen molar-refractivity contribution in [2.75, 3.05) is 5.32 Å². The number of amides is 1. The Morgan fingerprint density at radius 3 is 2.67 bits per heavy atom. The van der Waals surface area contributed by atoms with E-state index in [-0.39, 0.29) is 16.9 Å². The van der Waals surface area contributed by atoms with Crippen LogP contribution in [0.2, 0.25) is 0 Å². The summed E-state index contributed by atoms with van der Waals surface area (Å²) in [5.74, 6) is -0.431. The molecule has 0 spiro atoms. The molecule has 0 radical (unpaired) electrons. The second-order valence-electron chi connectivity index (χ2n) is 5.78. The maximum atomic E-state index is 12.7. The molecule has 0 aliphatic rings. The fraction of sp³-hybridized carbons (Fsp3) is 0. The minimum atomic E-state index is -0.550. The average Bonchev–Trinajstić information content (AvgIpc) is 3.22. The van der Waals surface area contributed by atoms with E-state index in [0.29, 0.717) is 5.69 Å². The lowest BCUT2D eigenvalue weighted by Crippen LogP contribution is -2.13. The molecule has 0 saturated carbocycles. The number of nitro groups is 1. The van der Waals surface area contributed by atoms with Gasteiger partial charge in [-0.05, 0) is 23.6 Å². The van der Waals surface area contributed by atoms with Gasteiger partial charge in [-0.25, -0.2) is 9.67 Å². The molecule has 0 unspecified atom stereocenters. The number of benzene rings is 3. The normalized spacial score (nSPS) is 10.7. The molecule has 0 bridgehead atoms. The standard InChI is InChI=1S/C19H13N5O3/c25-19(22-16-7-3-5-13-4-1-2-6-15(13)16)14-8-9-17(18(10-14)24(26)27)23-12-20-11-21-23/h1-12H,(H,22,25). The molecule has 0 fully saturated rings. The molecular formula is C19H13N5O3. The van der Waals surface area contributed by atoms with E-state index >= 15 is 0 Å². The van der Waals surface area contributed by atoms with E-state index in [1.165, 1.54) is 35.5 Å². The predicted octanol–water partition coefficient (Wildman–Crippen LogP) is 3.58. The third-order valence-electron chi connectivity index (χ3n) is 4.14. The molecule has 1 amide bonds. The number of aromatic nitrogens is 3. The lowest BCUT2D eigenvalue weighted by Gasteiger charge is -2.09. The van der Waals surface area contributed by atoms with Gasteiger partial charge in [-0.15, -0.1) is 0 Å². The van der Waals surface area contributed by atoms with Crippen LogP contribution in [0.5, 0.6) is 0 Å². The first-order valence-corrected chi connectivity index (χ1v) is 8.06. The first-order valence-electron chi connectivity index (χ1n) is 8.06. The van der Waals surface area contributed by atoms with Crippen LogP contribution >= 0.6 is 0 Å². The van der Waals surface area contributed by atoms with Crippen molar-refractivity contribution in [3.05, 3.63) is 89.0 Å². The quantitative estimate of drug-likeness (QED) is 0.443. The molecule has 3 aromatic carbocycles. The number of nitrogens with one attached hydrogen (secondary N) is 1. The lowest BCUT2D eigenvalue weighted by molar-refractivity contribution is -0.384. The van der Waals surface area contributed by atoms with Crippen molar-refractivity contribution in [2.24, 2.45) is 0 Å². The molecule has 1 heterocycles. The summed E-state index contributed by atoms with van der Waals surface area (Å²) in [5, 5.41) is 20.0. The number of rotatable bonds is 4. The Balaban J connectivity index is 1.70. The molecule has 8 heteroatoms. The van der Waals surface area contributed by atoms with Crippen molar-refractivity contribution in [1.29, 1.82) is 0 Å². The lowest BCUT2D eigenvalue weighted by atomic mass is 10.1. The number of hydrogen-bond donors (Lipinski definition) is 1. The SMILES string of the molecule is O=C(Nc1cccc2ccccc12)c1ccc(-n2cncn2)c([N+](=O)[O-])c1. The first-order chi connectivity index (χ1) is 13.1. The van der Waals surface area contributed by atoms with Gasteiger partial charge in [0, 0.05) is 22.7 Å². The zero-order chi connectivity index (χ0) is 18.8. The largest absolute Gasteiger partial charge is 0.321 e. The van der Waals surface area contributed by atoms with Crippen LogP contribution in [0.3, 0.4) is 0 Å². The van der Waals surface area contributed by atoms with Gasteiger partial charge in [0.05, 0.1) is 4.92 Å². The van der Waals surface area contributed by atoms with Gasteiger partial charge in [-0.3, -0.25) is 14.9 Å². The highest BCUT2D eigenvalue weighted by molar-refractivity contribution is 6.09. The molecule has 4 aromatic rings. The van der Waals surface area contributed by atoms with Crippen molar-refractivity contribution in [1.82, 2.24) is 14.8 Å². The van der Waals surface area contributed by atoms with Crippen molar-refractivity contribution < 1.29 is 9.72 Å². The van der Waals surface area contributed by atoms with Crippen LogP contribution in [-0.4, -0.2) is 25.6 Å². The monoisotopic (exact) mass is 359 g/mol. The van der Waals surface area contributed by atoms with Crippen LogP contribution < -0.4 is 5.32 Å². The molecule has 8 nitrogen and oxygen atoms in total. The number of carbonyl (C=O) groups is 1. The third-order valence-corrected chi connectivity index (χ3v) is 4.14. The number of fused-ring (bicyclic) bond motifs is 1. The Bertz CT molecular complexity index is 1150. The Morgan fingerprint density at radius 1 is 1.07 bits per heavy atom. The summed E-state index contributed by atoms with van der Waals surface area (Å²) in [7, 11) is 0. The highest BCUT2D eigenvalue weighted by atomic mass is 16.6. The van der Waals surface area contributed by atoms with E-state index in [2.05, 4.69) is 15.4 Å². The highest BCUT2D eigenvalue weighted by Crippen LogP contribution is 2.26. The Labute approximate surface area is 153 Å². The smallest absolute Gasteiger partial charge is 0.295 e. The van der Waals surface area contributed by atoms with Crippen LogP contribution in [-0.2, 0) is 0 Å². The van der Waals surface area contributed by atoms with E-state index in [1.807, 2.05) is 36.4 Å².